The minimum atomic E-state index is -0.804. The molecular weight excluding hydrogens is 518 g/mol. The largest absolute Gasteiger partial charge is 0.507 e. The first-order chi connectivity index (χ1) is 20.0. The molecule has 1 aliphatic heterocycles. The molecular formula is C34H33NO6. The van der Waals surface area contributed by atoms with Gasteiger partial charge in [-0.3, -0.25) is 9.59 Å². The number of hydrogen-bond donors (Lipinski definition) is 1. The molecule has 1 aliphatic rings. The molecule has 0 aliphatic carbocycles. The zero-order valence-electron chi connectivity index (χ0n) is 23.2. The van der Waals surface area contributed by atoms with Gasteiger partial charge in [-0.15, -0.1) is 0 Å². The van der Waals surface area contributed by atoms with Crippen LogP contribution >= 0.6 is 0 Å². The van der Waals surface area contributed by atoms with Gasteiger partial charge in [0.25, 0.3) is 11.7 Å². The van der Waals surface area contributed by atoms with Crippen molar-refractivity contribution in [2.45, 2.75) is 45.9 Å². The second kappa shape index (κ2) is 12.6. The van der Waals surface area contributed by atoms with Crippen LogP contribution in [0.3, 0.4) is 0 Å². The van der Waals surface area contributed by atoms with Gasteiger partial charge in [0.15, 0.2) is 0 Å². The number of Topliss-reactive ketones (excluding diaryl/α,β-unsaturated/α-hetero) is 1. The van der Waals surface area contributed by atoms with Crippen LogP contribution in [-0.2, 0) is 22.7 Å². The van der Waals surface area contributed by atoms with Gasteiger partial charge in [0, 0.05) is 5.56 Å². The minimum absolute atomic E-state index is 0.0230. The third kappa shape index (κ3) is 6.19. The van der Waals surface area contributed by atoms with Crippen molar-refractivity contribution >= 4 is 17.4 Å². The standard InChI is InChI=1S/C34H33NO6/c1-3-4-19-39-27-15-11-24(12-16-27)31-30(33(37)34(38)35(31)21-29-10-7-20-40-29)32(36)25-13-17-28(18-14-25)41-22-26-9-6-5-8-23(26)2/h5-18,20,31,36H,3-4,19,21-22H2,1-2H3/b32-30+. The van der Waals surface area contributed by atoms with Crippen LogP contribution in [0.4, 0.5) is 0 Å². The van der Waals surface area contributed by atoms with Crippen molar-refractivity contribution in [3.05, 3.63) is 125 Å². The van der Waals surface area contributed by atoms with Crippen molar-refractivity contribution in [3.63, 3.8) is 0 Å². The Bertz CT molecular complexity index is 1520. The molecule has 0 radical (unpaired) electrons. The number of benzene rings is 3. The number of amides is 1. The van der Waals surface area contributed by atoms with E-state index in [1.165, 1.54) is 11.2 Å². The smallest absolute Gasteiger partial charge is 0.296 e. The third-order valence-electron chi connectivity index (χ3n) is 7.19. The monoisotopic (exact) mass is 551 g/mol. The summed E-state index contributed by atoms with van der Waals surface area (Å²) in [7, 11) is 0. The third-order valence-corrected chi connectivity index (χ3v) is 7.19. The van der Waals surface area contributed by atoms with E-state index in [-0.39, 0.29) is 17.9 Å². The summed E-state index contributed by atoms with van der Waals surface area (Å²) in [5.74, 6) is 0.164. The predicted octanol–water partition coefficient (Wildman–Crippen LogP) is 6.97. The van der Waals surface area contributed by atoms with Crippen molar-refractivity contribution in [1.29, 1.82) is 0 Å². The summed E-state index contributed by atoms with van der Waals surface area (Å²) in [5, 5.41) is 11.4. The number of ether oxygens (including phenoxy) is 2. The SMILES string of the molecule is CCCCOc1ccc(C2/C(=C(\O)c3ccc(OCc4ccccc4C)cc3)C(=O)C(=O)N2Cc2ccco2)cc1. The Balaban J connectivity index is 1.44. The minimum Gasteiger partial charge on any atom is -0.507 e. The van der Waals surface area contributed by atoms with Gasteiger partial charge in [-0.1, -0.05) is 49.7 Å². The van der Waals surface area contributed by atoms with Crippen LogP contribution in [0.1, 0.15) is 53.8 Å². The maximum Gasteiger partial charge on any atom is 0.296 e. The summed E-state index contributed by atoms with van der Waals surface area (Å²) in [4.78, 5) is 28.0. The molecule has 4 aromatic rings. The fourth-order valence-electron chi connectivity index (χ4n) is 4.84. The molecule has 1 atom stereocenters. The van der Waals surface area contributed by atoms with Crippen LogP contribution in [0.25, 0.3) is 5.76 Å². The number of likely N-dealkylation sites (tertiary alicyclic amines) is 1. The number of carbonyl (C=O) groups is 2. The Labute approximate surface area is 239 Å². The lowest BCUT2D eigenvalue weighted by molar-refractivity contribution is -0.140. The van der Waals surface area contributed by atoms with Gasteiger partial charge in [-0.2, -0.15) is 0 Å². The average molecular weight is 552 g/mol. The fourth-order valence-corrected chi connectivity index (χ4v) is 4.84. The van der Waals surface area contributed by atoms with Crippen LogP contribution < -0.4 is 9.47 Å². The lowest BCUT2D eigenvalue weighted by Gasteiger charge is -2.24. The molecule has 1 saturated heterocycles. The number of ketones is 1. The van der Waals surface area contributed by atoms with E-state index in [0.29, 0.717) is 41.6 Å². The maximum absolute atomic E-state index is 13.4. The molecule has 7 heteroatoms. The number of unbranched alkanes of at least 4 members (excludes halogenated alkanes) is 1. The first-order valence-corrected chi connectivity index (χ1v) is 13.8. The number of aliphatic hydroxyl groups excluding tert-OH is 1. The Morgan fingerprint density at radius 2 is 1.61 bits per heavy atom. The van der Waals surface area contributed by atoms with Crippen molar-refractivity contribution in [2.24, 2.45) is 0 Å². The van der Waals surface area contributed by atoms with Gasteiger partial charge in [0.05, 0.1) is 31.0 Å². The van der Waals surface area contributed by atoms with Gasteiger partial charge >= 0.3 is 0 Å². The second-order valence-corrected chi connectivity index (χ2v) is 10.0. The number of furan rings is 1. The molecule has 2 heterocycles. The molecule has 0 saturated carbocycles. The molecule has 0 bridgehead atoms. The van der Waals surface area contributed by atoms with E-state index in [4.69, 9.17) is 13.9 Å². The summed E-state index contributed by atoms with van der Waals surface area (Å²) < 4.78 is 17.2. The first-order valence-electron chi connectivity index (χ1n) is 13.8. The van der Waals surface area contributed by atoms with E-state index in [9.17, 15) is 14.7 Å². The van der Waals surface area contributed by atoms with Gasteiger partial charge in [0.1, 0.15) is 29.6 Å². The normalized spacial score (nSPS) is 16.2. The number of rotatable bonds is 11. The van der Waals surface area contributed by atoms with Gasteiger partial charge in [-0.05, 0) is 78.6 Å². The zero-order valence-corrected chi connectivity index (χ0v) is 23.2. The molecule has 1 amide bonds. The molecule has 7 nitrogen and oxygen atoms in total. The summed E-state index contributed by atoms with van der Waals surface area (Å²) in [6, 6.07) is 24.8. The topological polar surface area (TPSA) is 89.2 Å². The number of hydrogen-bond acceptors (Lipinski definition) is 6. The summed E-state index contributed by atoms with van der Waals surface area (Å²) >= 11 is 0. The van der Waals surface area contributed by atoms with Crippen molar-refractivity contribution in [2.75, 3.05) is 6.61 Å². The molecule has 1 aromatic heterocycles. The van der Waals surface area contributed by atoms with E-state index in [1.807, 2.05) is 55.5 Å². The number of aliphatic hydroxyl groups is 1. The van der Waals surface area contributed by atoms with Crippen LogP contribution in [0.5, 0.6) is 11.5 Å². The molecule has 5 rings (SSSR count). The van der Waals surface area contributed by atoms with E-state index in [2.05, 4.69) is 6.92 Å². The van der Waals surface area contributed by atoms with Crippen molar-refractivity contribution in [1.82, 2.24) is 4.90 Å². The highest BCUT2D eigenvalue weighted by atomic mass is 16.5. The first kappa shape index (κ1) is 27.8. The molecule has 1 unspecified atom stereocenters. The lowest BCUT2D eigenvalue weighted by atomic mass is 9.95. The van der Waals surface area contributed by atoms with Crippen molar-refractivity contribution < 1.29 is 28.6 Å². The van der Waals surface area contributed by atoms with E-state index in [1.54, 1.807) is 36.4 Å². The molecule has 1 N–H and O–H groups in total. The molecule has 210 valence electrons. The quantitative estimate of drug-likeness (QED) is 0.0937. The van der Waals surface area contributed by atoms with Gasteiger partial charge in [-0.25, -0.2) is 0 Å². The fraction of sp³-hybridized carbons (Fsp3) is 0.235. The second-order valence-electron chi connectivity index (χ2n) is 10.0. The van der Waals surface area contributed by atoms with Crippen molar-refractivity contribution in [3.8, 4) is 11.5 Å². The van der Waals surface area contributed by atoms with Crippen LogP contribution in [0.2, 0.25) is 0 Å². The van der Waals surface area contributed by atoms with Gasteiger partial charge < -0.3 is 23.9 Å². The summed E-state index contributed by atoms with van der Waals surface area (Å²) in [6.07, 6.45) is 3.49. The van der Waals surface area contributed by atoms with Crippen LogP contribution in [-0.4, -0.2) is 28.3 Å². The number of aryl methyl sites for hydroxylation is 1. The number of nitrogens with zero attached hydrogens (tertiary/aromatic N) is 1. The van der Waals surface area contributed by atoms with E-state index in [0.717, 1.165) is 24.0 Å². The summed E-state index contributed by atoms with van der Waals surface area (Å²) in [6.45, 7) is 5.23. The Hall–Kier alpha value is -4.78. The lowest BCUT2D eigenvalue weighted by Crippen LogP contribution is -2.29. The highest BCUT2D eigenvalue weighted by molar-refractivity contribution is 6.46. The molecule has 41 heavy (non-hydrogen) atoms. The average Bonchev–Trinajstić information content (AvgIpc) is 3.60. The summed E-state index contributed by atoms with van der Waals surface area (Å²) in [5.41, 5.74) is 3.33. The Morgan fingerprint density at radius 1 is 0.902 bits per heavy atom. The van der Waals surface area contributed by atoms with Gasteiger partial charge in [0.2, 0.25) is 0 Å². The number of carbonyl (C=O) groups excluding carboxylic acids is 2. The Morgan fingerprint density at radius 3 is 2.29 bits per heavy atom. The Kier molecular flexibility index (Phi) is 8.53. The molecule has 0 spiro atoms. The molecule has 3 aromatic carbocycles. The zero-order chi connectivity index (χ0) is 28.8. The van der Waals surface area contributed by atoms with E-state index >= 15 is 0 Å². The van der Waals surface area contributed by atoms with Crippen LogP contribution in [0.15, 0.2) is 101 Å². The highest BCUT2D eigenvalue weighted by Crippen LogP contribution is 2.41. The highest BCUT2D eigenvalue weighted by Gasteiger charge is 2.46. The maximum atomic E-state index is 13.4. The van der Waals surface area contributed by atoms with E-state index < -0.39 is 17.7 Å². The van der Waals surface area contributed by atoms with Crippen LogP contribution in [0, 0.1) is 6.92 Å². The molecule has 1 fully saturated rings. The predicted molar refractivity (Wildman–Crippen MR) is 155 cm³/mol.